The van der Waals surface area contributed by atoms with Gasteiger partial charge in [-0.1, -0.05) is 0 Å². The van der Waals surface area contributed by atoms with Gasteiger partial charge in [0.1, 0.15) is 0 Å². The molecule has 1 fully saturated rings. The Morgan fingerprint density at radius 1 is 1.41 bits per heavy atom. The second-order valence-corrected chi connectivity index (χ2v) is 4.18. The first kappa shape index (κ1) is 16.7. The summed E-state index contributed by atoms with van der Waals surface area (Å²) < 4.78 is 1.90. The fraction of sp³-hybridized carbons (Fsp3) is 0.727. The zero-order valence-corrected chi connectivity index (χ0v) is 11.7. The fourth-order valence-electron chi connectivity index (χ4n) is 2.20. The zero-order valence-electron chi connectivity index (χ0n) is 10.1. The standard InChI is InChI=1S/C11H19N3O.2ClH/c1-14-10(4-7-15)8-11(13-14)9-2-5-12-6-3-9;;/h8-9,12,15H,2-7H2,1H3;2*1H. The van der Waals surface area contributed by atoms with E-state index in [1.807, 2.05) is 11.7 Å². The molecule has 1 aromatic rings. The number of nitrogens with one attached hydrogen (secondary N) is 1. The molecule has 6 heteroatoms. The molecule has 0 unspecified atom stereocenters. The van der Waals surface area contributed by atoms with Gasteiger partial charge in [0.15, 0.2) is 0 Å². The molecule has 4 nitrogen and oxygen atoms in total. The van der Waals surface area contributed by atoms with E-state index in [1.54, 1.807) is 0 Å². The Balaban J connectivity index is 0.00000128. The van der Waals surface area contributed by atoms with Crippen LogP contribution in [0.1, 0.15) is 30.1 Å². The lowest BCUT2D eigenvalue weighted by atomic mass is 9.94. The van der Waals surface area contributed by atoms with Gasteiger partial charge in [-0.15, -0.1) is 24.8 Å². The Hall–Kier alpha value is -0.290. The highest BCUT2D eigenvalue weighted by Crippen LogP contribution is 2.24. The number of hydrogen-bond donors (Lipinski definition) is 2. The molecule has 0 amide bonds. The van der Waals surface area contributed by atoms with E-state index in [4.69, 9.17) is 5.11 Å². The summed E-state index contributed by atoms with van der Waals surface area (Å²) in [7, 11) is 1.95. The third-order valence-electron chi connectivity index (χ3n) is 3.12. The quantitative estimate of drug-likeness (QED) is 0.877. The summed E-state index contributed by atoms with van der Waals surface area (Å²) in [5, 5.41) is 16.8. The number of aryl methyl sites for hydroxylation is 1. The number of aliphatic hydroxyl groups excluding tert-OH is 1. The van der Waals surface area contributed by atoms with E-state index in [-0.39, 0.29) is 31.4 Å². The summed E-state index contributed by atoms with van der Waals surface area (Å²) in [6.07, 6.45) is 3.06. The van der Waals surface area contributed by atoms with E-state index in [2.05, 4.69) is 16.5 Å². The molecule has 0 aliphatic carbocycles. The van der Waals surface area contributed by atoms with Crippen molar-refractivity contribution in [2.24, 2.45) is 7.05 Å². The van der Waals surface area contributed by atoms with Gasteiger partial charge in [-0.05, 0) is 32.0 Å². The molecule has 0 aromatic carbocycles. The minimum absolute atomic E-state index is 0. The predicted molar refractivity (Wildman–Crippen MR) is 73.3 cm³/mol. The van der Waals surface area contributed by atoms with Crippen molar-refractivity contribution in [3.8, 4) is 0 Å². The van der Waals surface area contributed by atoms with Crippen molar-refractivity contribution in [1.82, 2.24) is 15.1 Å². The topological polar surface area (TPSA) is 50.1 Å². The number of hydrogen-bond acceptors (Lipinski definition) is 3. The van der Waals surface area contributed by atoms with Crippen LogP contribution in [-0.4, -0.2) is 34.6 Å². The van der Waals surface area contributed by atoms with Crippen LogP contribution in [0.5, 0.6) is 0 Å². The van der Waals surface area contributed by atoms with Crippen molar-refractivity contribution in [2.45, 2.75) is 25.2 Å². The van der Waals surface area contributed by atoms with Gasteiger partial charge in [0, 0.05) is 31.7 Å². The maximum Gasteiger partial charge on any atom is 0.0659 e. The monoisotopic (exact) mass is 281 g/mol. The van der Waals surface area contributed by atoms with E-state index in [0.29, 0.717) is 12.3 Å². The molecule has 0 bridgehead atoms. The first-order valence-electron chi connectivity index (χ1n) is 5.65. The lowest BCUT2D eigenvalue weighted by Gasteiger charge is -2.20. The molecule has 0 radical (unpaired) electrons. The summed E-state index contributed by atoms with van der Waals surface area (Å²) in [5.41, 5.74) is 2.33. The van der Waals surface area contributed by atoms with Gasteiger partial charge in [0.2, 0.25) is 0 Å². The highest BCUT2D eigenvalue weighted by molar-refractivity contribution is 5.85. The largest absolute Gasteiger partial charge is 0.396 e. The Morgan fingerprint density at radius 2 is 2.06 bits per heavy atom. The fourth-order valence-corrected chi connectivity index (χ4v) is 2.20. The number of aromatic nitrogens is 2. The van der Waals surface area contributed by atoms with Gasteiger partial charge in [-0.2, -0.15) is 5.10 Å². The summed E-state index contributed by atoms with van der Waals surface area (Å²) in [4.78, 5) is 0. The first-order chi connectivity index (χ1) is 7.31. The van der Waals surface area contributed by atoms with Crippen LogP contribution in [0.2, 0.25) is 0 Å². The number of nitrogens with zero attached hydrogens (tertiary/aromatic N) is 2. The van der Waals surface area contributed by atoms with Crippen molar-refractivity contribution >= 4 is 24.8 Å². The highest BCUT2D eigenvalue weighted by atomic mass is 35.5. The molecule has 1 saturated heterocycles. The van der Waals surface area contributed by atoms with Crippen molar-refractivity contribution in [3.05, 3.63) is 17.5 Å². The third kappa shape index (κ3) is 4.14. The summed E-state index contributed by atoms with van der Waals surface area (Å²) in [6.45, 7) is 2.39. The van der Waals surface area contributed by atoms with Crippen LogP contribution < -0.4 is 5.32 Å². The SMILES string of the molecule is Cl.Cl.Cn1nc(C2CCNCC2)cc1CCO. The average molecular weight is 282 g/mol. The third-order valence-corrected chi connectivity index (χ3v) is 3.12. The van der Waals surface area contributed by atoms with E-state index < -0.39 is 0 Å². The average Bonchev–Trinajstić information content (AvgIpc) is 2.63. The maximum absolute atomic E-state index is 8.91. The Labute approximate surface area is 115 Å². The number of aliphatic hydroxyl groups is 1. The van der Waals surface area contributed by atoms with Crippen LogP contribution in [0.15, 0.2) is 6.07 Å². The van der Waals surface area contributed by atoms with Crippen molar-refractivity contribution in [1.29, 1.82) is 0 Å². The molecule has 2 rings (SSSR count). The molecular weight excluding hydrogens is 261 g/mol. The molecule has 2 heterocycles. The van der Waals surface area contributed by atoms with Crippen LogP contribution in [0.3, 0.4) is 0 Å². The Kier molecular flexibility index (Phi) is 7.79. The summed E-state index contributed by atoms with van der Waals surface area (Å²) in [6, 6.07) is 2.15. The van der Waals surface area contributed by atoms with Gasteiger partial charge in [0.05, 0.1) is 5.69 Å². The minimum Gasteiger partial charge on any atom is -0.396 e. The second-order valence-electron chi connectivity index (χ2n) is 4.18. The number of piperidine rings is 1. The maximum atomic E-state index is 8.91. The van der Waals surface area contributed by atoms with E-state index in [1.165, 1.54) is 18.5 Å². The predicted octanol–water partition coefficient (Wildman–Crippen LogP) is 1.27. The number of rotatable bonds is 3. The zero-order chi connectivity index (χ0) is 10.7. The van der Waals surface area contributed by atoms with E-state index in [9.17, 15) is 0 Å². The second kappa shape index (κ2) is 7.93. The molecule has 1 aliphatic rings. The van der Waals surface area contributed by atoms with E-state index in [0.717, 1.165) is 18.8 Å². The normalized spacial score (nSPS) is 16.1. The summed E-state index contributed by atoms with van der Waals surface area (Å²) in [5.74, 6) is 0.602. The Morgan fingerprint density at radius 3 is 2.65 bits per heavy atom. The van der Waals surface area contributed by atoms with Crippen LogP contribution >= 0.6 is 24.8 Å². The summed E-state index contributed by atoms with van der Waals surface area (Å²) >= 11 is 0. The molecule has 0 saturated carbocycles. The van der Waals surface area contributed by atoms with Gasteiger partial charge in [0.25, 0.3) is 0 Å². The molecule has 17 heavy (non-hydrogen) atoms. The molecular formula is C11H21Cl2N3O. The van der Waals surface area contributed by atoms with Gasteiger partial charge < -0.3 is 10.4 Å². The van der Waals surface area contributed by atoms with Crippen LogP contribution in [0.4, 0.5) is 0 Å². The molecule has 2 N–H and O–H groups in total. The van der Waals surface area contributed by atoms with Crippen molar-refractivity contribution < 1.29 is 5.11 Å². The molecule has 0 spiro atoms. The lowest BCUT2D eigenvalue weighted by Crippen LogP contribution is -2.26. The smallest absolute Gasteiger partial charge is 0.0659 e. The molecule has 1 aromatic heterocycles. The van der Waals surface area contributed by atoms with Gasteiger partial charge >= 0.3 is 0 Å². The molecule has 100 valence electrons. The van der Waals surface area contributed by atoms with Crippen LogP contribution in [-0.2, 0) is 13.5 Å². The first-order valence-corrected chi connectivity index (χ1v) is 5.65. The minimum atomic E-state index is 0. The number of halogens is 2. The molecule has 0 atom stereocenters. The van der Waals surface area contributed by atoms with Gasteiger partial charge in [-0.25, -0.2) is 0 Å². The lowest BCUT2D eigenvalue weighted by molar-refractivity contribution is 0.296. The van der Waals surface area contributed by atoms with Crippen molar-refractivity contribution in [3.63, 3.8) is 0 Å². The van der Waals surface area contributed by atoms with Crippen molar-refractivity contribution in [2.75, 3.05) is 19.7 Å². The van der Waals surface area contributed by atoms with Crippen LogP contribution in [0, 0.1) is 0 Å². The molecule has 1 aliphatic heterocycles. The highest BCUT2D eigenvalue weighted by Gasteiger charge is 2.18. The Bertz CT molecular complexity index is 325. The van der Waals surface area contributed by atoms with Crippen LogP contribution in [0.25, 0.3) is 0 Å². The van der Waals surface area contributed by atoms with Gasteiger partial charge in [-0.3, -0.25) is 4.68 Å². The van der Waals surface area contributed by atoms with E-state index >= 15 is 0 Å².